The highest BCUT2D eigenvalue weighted by Gasteiger charge is 2.22. The summed E-state index contributed by atoms with van der Waals surface area (Å²) in [7, 11) is 1.83. The molecule has 2 fully saturated rings. The SMILES string of the molecule is C1CCC([P]C2CCCC2)C1. The molecule has 0 spiro atoms. The van der Waals surface area contributed by atoms with E-state index in [1.807, 2.05) is 8.58 Å². The lowest BCUT2D eigenvalue weighted by Crippen LogP contribution is -2.00. The third-order valence-corrected chi connectivity index (χ3v) is 4.95. The van der Waals surface area contributed by atoms with E-state index in [1.165, 1.54) is 51.4 Å². The predicted octanol–water partition coefficient (Wildman–Crippen LogP) is 3.82. The summed E-state index contributed by atoms with van der Waals surface area (Å²) in [6.45, 7) is 0. The summed E-state index contributed by atoms with van der Waals surface area (Å²) in [5.74, 6) is 0. The molecule has 0 nitrogen and oxygen atoms in total. The van der Waals surface area contributed by atoms with Gasteiger partial charge in [0.2, 0.25) is 0 Å². The summed E-state index contributed by atoms with van der Waals surface area (Å²) >= 11 is 0. The smallest absolute Gasteiger partial charge is 0.0168 e. The second-order valence-corrected chi connectivity index (χ2v) is 5.78. The zero-order valence-corrected chi connectivity index (χ0v) is 8.15. The summed E-state index contributed by atoms with van der Waals surface area (Å²) in [6, 6.07) is 0. The molecule has 1 radical (unpaired) electrons. The first-order valence-electron chi connectivity index (χ1n) is 5.15. The lowest BCUT2D eigenvalue weighted by Gasteiger charge is -2.13. The van der Waals surface area contributed by atoms with Crippen molar-refractivity contribution in [1.82, 2.24) is 0 Å². The minimum Gasteiger partial charge on any atom is -0.0741 e. The molecule has 2 saturated carbocycles. The van der Waals surface area contributed by atoms with Gasteiger partial charge in [-0.25, -0.2) is 0 Å². The highest BCUT2D eigenvalue weighted by Crippen LogP contribution is 2.43. The van der Waals surface area contributed by atoms with Crippen molar-refractivity contribution < 1.29 is 0 Å². The monoisotopic (exact) mass is 169 g/mol. The molecule has 0 saturated heterocycles. The molecular weight excluding hydrogens is 151 g/mol. The van der Waals surface area contributed by atoms with E-state index in [1.54, 1.807) is 0 Å². The van der Waals surface area contributed by atoms with Crippen LogP contribution in [0.15, 0.2) is 0 Å². The van der Waals surface area contributed by atoms with Crippen molar-refractivity contribution in [2.75, 3.05) is 0 Å². The van der Waals surface area contributed by atoms with E-state index in [9.17, 15) is 0 Å². The first-order valence-corrected chi connectivity index (χ1v) is 6.18. The van der Waals surface area contributed by atoms with Gasteiger partial charge >= 0.3 is 0 Å². The molecule has 1 heteroatoms. The van der Waals surface area contributed by atoms with E-state index in [-0.39, 0.29) is 0 Å². The number of rotatable bonds is 2. The van der Waals surface area contributed by atoms with Crippen molar-refractivity contribution in [1.29, 1.82) is 0 Å². The van der Waals surface area contributed by atoms with Gasteiger partial charge in [0.25, 0.3) is 0 Å². The third-order valence-electron chi connectivity index (χ3n) is 3.07. The molecule has 0 aromatic rings. The van der Waals surface area contributed by atoms with Gasteiger partial charge in [-0.1, -0.05) is 34.3 Å². The Morgan fingerprint density at radius 2 is 1.00 bits per heavy atom. The van der Waals surface area contributed by atoms with Crippen LogP contribution in [-0.4, -0.2) is 11.3 Å². The summed E-state index contributed by atoms with van der Waals surface area (Å²) in [4.78, 5) is 0. The van der Waals surface area contributed by atoms with E-state index in [0.29, 0.717) is 0 Å². The number of hydrogen-bond donors (Lipinski definition) is 0. The molecule has 0 atom stereocenters. The van der Waals surface area contributed by atoms with Crippen LogP contribution in [0.5, 0.6) is 0 Å². The minimum atomic E-state index is 1.11. The Hall–Kier alpha value is 0.430. The van der Waals surface area contributed by atoms with Crippen LogP contribution in [0.2, 0.25) is 0 Å². The molecule has 11 heavy (non-hydrogen) atoms. The van der Waals surface area contributed by atoms with Crippen molar-refractivity contribution in [3.8, 4) is 0 Å². The molecule has 0 aliphatic heterocycles. The van der Waals surface area contributed by atoms with Crippen molar-refractivity contribution >= 4 is 8.58 Å². The minimum absolute atomic E-state index is 1.11. The fraction of sp³-hybridized carbons (Fsp3) is 1.00. The molecule has 2 aliphatic rings. The molecule has 63 valence electrons. The van der Waals surface area contributed by atoms with Crippen LogP contribution in [0.3, 0.4) is 0 Å². The van der Waals surface area contributed by atoms with E-state index in [2.05, 4.69) is 0 Å². The maximum atomic E-state index is 1.83. The van der Waals surface area contributed by atoms with Crippen LogP contribution in [0.4, 0.5) is 0 Å². The first-order chi connectivity index (χ1) is 5.45. The zero-order chi connectivity index (χ0) is 7.52. The fourth-order valence-electron chi connectivity index (χ4n) is 2.40. The first kappa shape index (κ1) is 8.05. The van der Waals surface area contributed by atoms with Gasteiger partial charge in [-0.05, 0) is 37.0 Å². The lowest BCUT2D eigenvalue weighted by molar-refractivity contribution is 0.844. The summed E-state index contributed by atoms with van der Waals surface area (Å²) in [5.41, 5.74) is 2.22. The zero-order valence-electron chi connectivity index (χ0n) is 7.26. The molecule has 2 rings (SSSR count). The van der Waals surface area contributed by atoms with E-state index < -0.39 is 0 Å². The van der Waals surface area contributed by atoms with Gasteiger partial charge in [0.15, 0.2) is 0 Å². The molecule has 0 N–H and O–H groups in total. The van der Waals surface area contributed by atoms with Crippen LogP contribution < -0.4 is 0 Å². The third kappa shape index (κ3) is 2.18. The van der Waals surface area contributed by atoms with Crippen molar-refractivity contribution in [2.24, 2.45) is 0 Å². The van der Waals surface area contributed by atoms with Crippen molar-refractivity contribution in [3.63, 3.8) is 0 Å². The molecule has 0 unspecified atom stereocenters. The summed E-state index contributed by atoms with van der Waals surface area (Å²) in [6.07, 6.45) is 12.2. The van der Waals surface area contributed by atoms with Crippen LogP contribution in [0, 0.1) is 0 Å². The van der Waals surface area contributed by atoms with E-state index >= 15 is 0 Å². The van der Waals surface area contributed by atoms with Gasteiger partial charge in [0.1, 0.15) is 0 Å². The second kappa shape index (κ2) is 3.90. The van der Waals surface area contributed by atoms with Gasteiger partial charge in [-0.15, -0.1) is 0 Å². The molecule has 0 amide bonds. The summed E-state index contributed by atoms with van der Waals surface area (Å²) < 4.78 is 0. The topological polar surface area (TPSA) is 0 Å². The lowest BCUT2D eigenvalue weighted by atomic mass is 10.4. The molecule has 0 aromatic carbocycles. The average molecular weight is 169 g/mol. The Balaban J connectivity index is 1.71. The van der Waals surface area contributed by atoms with Crippen LogP contribution in [0.25, 0.3) is 0 Å². The van der Waals surface area contributed by atoms with Crippen LogP contribution in [-0.2, 0) is 0 Å². The molecule has 0 aromatic heterocycles. The second-order valence-electron chi connectivity index (χ2n) is 4.03. The molecular formula is C10H18P. The Morgan fingerprint density at radius 3 is 1.36 bits per heavy atom. The molecule has 0 bridgehead atoms. The maximum absolute atomic E-state index is 1.83. The molecule has 0 heterocycles. The van der Waals surface area contributed by atoms with Crippen molar-refractivity contribution in [2.45, 2.75) is 62.7 Å². The largest absolute Gasteiger partial charge is 0.0741 e. The fourth-order valence-corrected chi connectivity index (χ4v) is 4.33. The predicted molar refractivity (Wildman–Crippen MR) is 51.4 cm³/mol. The van der Waals surface area contributed by atoms with Gasteiger partial charge in [0.05, 0.1) is 0 Å². The van der Waals surface area contributed by atoms with Crippen molar-refractivity contribution in [3.05, 3.63) is 0 Å². The van der Waals surface area contributed by atoms with Gasteiger partial charge in [-0.2, -0.15) is 0 Å². The highest BCUT2D eigenvalue weighted by molar-refractivity contribution is 7.39. The van der Waals surface area contributed by atoms with E-state index in [4.69, 9.17) is 0 Å². The van der Waals surface area contributed by atoms with Crippen LogP contribution >= 0.6 is 8.58 Å². The number of hydrogen-bond acceptors (Lipinski definition) is 0. The maximum Gasteiger partial charge on any atom is -0.0168 e. The Bertz CT molecular complexity index is 96.0. The molecule has 2 aliphatic carbocycles. The quantitative estimate of drug-likeness (QED) is 0.551. The average Bonchev–Trinajstić information content (AvgIpc) is 2.60. The Morgan fingerprint density at radius 1 is 0.636 bits per heavy atom. The Kier molecular flexibility index (Phi) is 2.85. The van der Waals surface area contributed by atoms with Gasteiger partial charge < -0.3 is 0 Å². The standard InChI is InChI=1S/C10H18P/c1-2-6-9(5-1)11-10-7-3-4-8-10/h9-10H,1-8H2. The summed E-state index contributed by atoms with van der Waals surface area (Å²) in [5, 5.41) is 0. The normalized spacial score (nSPS) is 28.4. The highest BCUT2D eigenvalue weighted by atomic mass is 31.1. The van der Waals surface area contributed by atoms with Gasteiger partial charge in [0, 0.05) is 0 Å². The van der Waals surface area contributed by atoms with Crippen LogP contribution in [0.1, 0.15) is 51.4 Å². The Labute approximate surface area is 71.9 Å². The van der Waals surface area contributed by atoms with Gasteiger partial charge in [-0.3, -0.25) is 0 Å². The van der Waals surface area contributed by atoms with E-state index in [0.717, 1.165) is 11.3 Å².